The minimum atomic E-state index is -4.24. The van der Waals surface area contributed by atoms with E-state index in [1.807, 2.05) is 0 Å². The monoisotopic (exact) mass is 387 g/mol. The molecule has 0 aliphatic carbocycles. The summed E-state index contributed by atoms with van der Waals surface area (Å²) >= 11 is 3.19. The van der Waals surface area contributed by atoms with Gasteiger partial charge in [-0.1, -0.05) is 22.0 Å². The summed E-state index contributed by atoms with van der Waals surface area (Å²) in [6.45, 7) is 1.39. The number of benzene rings is 2. The van der Waals surface area contributed by atoms with Crippen molar-refractivity contribution in [2.75, 3.05) is 4.72 Å². The van der Waals surface area contributed by atoms with Crippen molar-refractivity contribution in [3.63, 3.8) is 0 Å². The molecule has 2 N–H and O–H groups in total. The maximum Gasteiger partial charge on any atom is 0.335 e. The molecule has 0 saturated heterocycles. The molecule has 0 atom stereocenters. The lowest BCUT2D eigenvalue weighted by molar-refractivity contribution is 0.0695. The van der Waals surface area contributed by atoms with E-state index in [-0.39, 0.29) is 16.8 Å². The molecule has 5 nitrogen and oxygen atoms in total. The van der Waals surface area contributed by atoms with Crippen LogP contribution in [0.3, 0.4) is 0 Å². The molecule has 2 aromatic carbocycles. The quantitative estimate of drug-likeness (QED) is 0.841. The Morgan fingerprint density at radius 3 is 2.55 bits per heavy atom. The van der Waals surface area contributed by atoms with Gasteiger partial charge < -0.3 is 5.11 Å². The molecule has 0 aliphatic heterocycles. The van der Waals surface area contributed by atoms with Gasteiger partial charge in [-0.2, -0.15) is 0 Å². The van der Waals surface area contributed by atoms with E-state index >= 15 is 0 Å². The van der Waals surface area contributed by atoms with Crippen molar-refractivity contribution in [2.24, 2.45) is 0 Å². The number of aryl methyl sites for hydroxylation is 1. The normalized spacial score (nSPS) is 11.2. The second kappa shape index (κ2) is 6.05. The first kappa shape index (κ1) is 16.4. The maximum atomic E-state index is 14.0. The predicted molar refractivity (Wildman–Crippen MR) is 83.0 cm³/mol. The smallest absolute Gasteiger partial charge is 0.335 e. The average Bonchev–Trinajstić information content (AvgIpc) is 2.37. The van der Waals surface area contributed by atoms with E-state index in [1.54, 1.807) is 12.1 Å². The first-order valence-corrected chi connectivity index (χ1v) is 8.30. The molecule has 0 unspecified atom stereocenters. The molecule has 0 heterocycles. The predicted octanol–water partition coefficient (Wildman–Crippen LogP) is 3.40. The third-order valence-electron chi connectivity index (χ3n) is 2.88. The zero-order chi connectivity index (χ0) is 16.5. The zero-order valence-electron chi connectivity index (χ0n) is 11.3. The molecule has 0 aromatic heterocycles. The highest BCUT2D eigenvalue weighted by molar-refractivity contribution is 9.10. The molecule has 0 bridgehead atoms. The number of sulfonamides is 1. The van der Waals surface area contributed by atoms with Crippen LogP contribution < -0.4 is 4.72 Å². The van der Waals surface area contributed by atoms with Gasteiger partial charge in [0.15, 0.2) is 0 Å². The Morgan fingerprint density at radius 1 is 1.27 bits per heavy atom. The van der Waals surface area contributed by atoms with Crippen LogP contribution in [0.2, 0.25) is 0 Å². The Labute approximate surface area is 135 Å². The van der Waals surface area contributed by atoms with Gasteiger partial charge in [-0.05, 0) is 42.8 Å². The first-order chi connectivity index (χ1) is 10.2. The number of nitrogens with one attached hydrogen (secondary N) is 1. The Kier molecular flexibility index (Phi) is 4.52. The summed E-state index contributed by atoms with van der Waals surface area (Å²) in [5.74, 6) is -2.33. The van der Waals surface area contributed by atoms with Gasteiger partial charge in [0.05, 0.1) is 5.56 Å². The summed E-state index contributed by atoms with van der Waals surface area (Å²) in [5, 5.41) is 9.03. The van der Waals surface area contributed by atoms with Gasteiger partial charge in [0.2, 0.25) is 0 Å². The number of halogens is 2. The number of aromatic carboxylic acids is 1. The van der Waals surface area contributed by atoms with Crippen LogP contribution >= 0.6 is 15.9 Å². The van der Waals surface area contributed by atoms with E-state index in [4.69, 9.17) is 5.11 Å². The fourth-order valence-corrected chi connectivity index (χ4v) is 3.39. The molecule has 2 aromatic rings. The SMILES string of the molecule is Cc1cc(F)c(S(=O)(=O)Nc2cccc(Br)c2)cc1C(=O)O. The lowest BCUT2D eigenvalue weighted by atomic mass is 10.1. The van der Waals surface area contributed by atoms with Crippen molar-refractivity contribution in [1.29, 1.82) is 0 Å². The van der Waals surface area contributed by atoms with Crippen LogP contribution in [0.25, 0.3) is 0 Å². The zero-order valence-corrected chi connectivity index (χ0v) is 13.7. The van der Waals surface area contributed by atoms with Crippen LogP contribution in [0.15, 0.2) is 45.8 Å². The van der Waals surface area contributed by atoms with Gasteiger partial charge in [0.25, 0.3) is 10.0 Å². The molecule has 0 fully saturated rings. The first-order valence-electron chi connectivity index (χ1n) is 6.02. The minimum Gasteiger partial charge on any atom is -0.478 e. The van der Waals surface area contributed by atoms with Gasteiger partial charge in [0.1, 0.15) is 10.7 Å². The van der Waals surface area contributed by atoms with Crippen molar-refractivity contribution >= 4 is 37.6 Å². The molecule has 116 valence electrons. The fraction of sp³-hybridized carbons (Fsp3) is 0.0714. The average molecular weight is 388 g/mol. The van der Waals surface area contributed by atoms with E-state index < -0.39 is 26.7 Å². The highest BCUT2D eigenvalue weighted by atomic mass is 79.9. The van der Waals surface area contributed by atoms with E-state index in [0.717, 1.165) is 12.1 Å². The molecular weight excluding hydrogens is 377 g/mol. The number of carboxylic acid groups (broad SMARTS) is 1. The lowest BCUT2D eigenvalue weighted by Gasteiger charge is -2.11. The molecule has 0 aliphatic rings. The molecule has 0 spiro atoms. The van der Waals surface area contributed by atoms with Gasteiger partial charge in [-0.3, -0.25) is 4.72 Å². The second-order valence-electron chi connectivity index (χ2n) is 4.52. The van der Waals surface area contributed by atoms with Crippen LogP contribution in [0, 0.1) is 12.7 Å². The Balaban J connectivity index is 2.50. The van der Waals surface area contributed by atoms with E-state index in [2.05, 4.69) is 20.7 Å². The summed E-state index contributed by atoms with van der Waals surface area (Å²) in [6.07, 6.45) is 0. The standard InChI is InChI=1S/C14H11BrFNO4S/c1-8-5-12(16)13(7-11(8)14(18)19)22(20,21)17-10-4-2-3-9(15)6-10/h2-7,17H,1H3,(H,18,19). The summed E-state index contributed by atoms with van der Waals surface area (Å²) in [6, 6.07) is 8.00. The van der Waals surface area contributed by atoms with Crippen molar-refractivity contribution < 1.29 is 22.7 Å². The van der Waals surface area contributed by atoms with Crippen LogP contribution in [-0.4, -0.2) is 19.5 Å². The van der Waals surface area contributed by atoms with Crippen LogP contribution in [0.5, 0.6) is 0 Å². The van der Waals surface area contributed by atoms with Crippen molar-refractivity contribution in [3.8, 4) is 0 Å². The Morgan fingerprint density at radius 2 is 1.95 bits per heavy atom. The van der Waals surface area contributed by atoms with Gasteiger partial charge in [-0.15, -0.1) is 0 Å². The number of carboxylic acids is 1. The third kappa shape index (κ3) is 3.45. The molecule has 0 amide bonds. The molecular formula is C14H11BrFNO4S. The molecule has 8 heteroatoms. The van der Waals surface area contributed by atoms with Crippen LogP contribution in [0.4, 0.5) is 10.1 Å². The number of anilines is 1. The summed E-state index contributed by atoms with van der Waals surface area (Å²) < 4.78 is 41.3. The van der Waals surface area contributed by atoms with Crippen LogP contribution in [-0.2, 0) is 10.0 Å². The van der Waals surface area contributed by atoms with E-state index in [0.29, 0.717) is 4.47 Å². The Bertz CT molecular complexity index is 852. The van der Waals surface area contributed by atoms with Gasteiger partial charge in [0, 0.05) is 10.2 Å². The number of carbonyl (C=O) groups is 1. The largest absolute Gasteiger partial charge is 0.478 e. The lowest BCUT2D eigenvalue weighted by Crippen LogP contribution is -2.16. The van der Waals surface area contributed by atoms with E-state index in [9.17, 15) is 17.6 Å². The van der Waals surface area contributed by atoms with Crippen molar-refractivity contribution in [3.05, 3.63) is 57.8 Å². The topological polar surface area (TPSA) is 83.5 Å². The molecule has 0 radical (unpaired) electrons. The van der Waals surface area contributed by atoms with Crippen molar-refractivity contribution in [2.45, 2.75) is 11.8 Å². The minimum absolute atomic E-state index is 0.145. The molecule has 0 saturated carbocycles. The number of rotatable bonds is 4. The maximum absolute atomic E-state index is 14.0. The summed E-state index contributed by atoms with van der Waals surface area (Å²) in [4.78, 5) is 10.4. The number of hydrogen-bond donors (Lipinski definition) is 2. The van der Waals surface area contributed by atoms with E-state index in [1.165, 1.54) is 19.1 Å². The van der Waals surface area contributed by atoms with Crippen LogP contribution in [0.1, 0.15) is 15.9 Å². The van der Waals surface area contributed by atoms with Crippen molar-refractivity contribution in [1.82, 2.24) is 0 Å². The highest BCUT2D eigenvalue weighted by Crippen LogP contribution is 2.24. The number of hydrogen-bond acceptors (Lipinski definition) is 3. The fourth-order valence-electron chi connectivity index (χ4n) is 1.85. The molecule has 2 rings (SSSR count). The van der Waals surface area contributed by atoms with Gasteiger partial charge >= 0.3 is 5.97 Å². The highest BCUT2D eigenvalue weighted by Gasteiger charge is 2.23. The molecule has 22 heavy (non-hydrogen) atoms. The second-order valence-corrected chi connectivity index (χ2v) is 7.09. The third-order valence-corrected chi connectivity index (χ3v) is 4.77. The summed E-state index contributed by atoms with van der Waals surface area (Å²) in [5.41, 5.74) is 0.105. The van der Waals surface area contributed by atoms with Gasteiger partial charge in [-0.25, -0.2) is 17.6 Å². The summed E-state index contributed by atoms with van der Waals surface area (Å²) in [7, 11) is -4.24. The Hall–Kier alpha value is -1.93.